The van der Waals surface area contributed by atoms with Crippen molar-refractivity contribution in [2.45, 2.75) is 6.54 Å². The normalized spacial score (nSPS) is 10.4. The Kier molecular flexibility index (Phi) is 6.02. The Morgan fingerprint density at radius 2 is 1.62 bits per heavy atom. The second-order valence-electron chi connectivity index (χ2n) is 4.45. The van der Waals surface area contributed by atoms with E-state index in [-0.39, 0.29) is 5.82 Å². The molecule has 1 N–H and O–H groups in total. The zero-order chi connectivity index (χ0) is 15.1. The molecule has 0 spiro atoms. The number of benzene rings is 2. The molecule has 0 bridgehead atoms. The highest BCUT2D eigenvalue weighted by Gasteiger charge is 2.01. The molecule has 3 nitrogen and oxygen atoms in total. The lowest BCUT2D eigenvalue weighted by Gasteiger charge is -2.09. The van der Waals surface area contributed by atoms with Gasteiger partial charge in [-0.05, 0) is 58.9 Å². The Labute approximate surface area is 132 Å². The molecule has 2 aromatic carbocycles. The van der Waals surface area contributed by atoms with Crippen LogP contribution in [-0.2, 0) is 6.54 Å². The van der Waals surface area contributed by atoms with Gasteiger partial charge >= 0.3 is 0 Å². The van der Waals surface area contributed by atoms with Crippen molar-refractivity contribution in [3.8, 4) is 11.5 Å². The topological polar surface area (TPSA) is 30.5 Å². The minimum atomic E-state index is -0.305. The number of halogens is 2. The van der Waals surface area contributed by atoms with Crippen LogP contribution in [0.5, 0.6) is 11.5 Å². The average Bonchev–Trinajstić information content (AvgIpc) is 2.49. The SMILES string of the molecule is CNCc1ccc(OCCOc2ccc(F)c(Br)c2)cc1. The summed E-state index contributed by atoms with van der Waals surface area (Å²) in [6.45, 7) is 1.67. The van der Waals surface area contributed by atoms with Gasteiger partial charge in [-0.3, -0.25) is 0 Å². The lowest BCUT2D eigenvalue weighted by molar-refractivity contribution is 0.217. The average molecular weight is 354 g/mol. The Morgan fingerprint density at radius 3 is 2.24 bits per heavy atom. The van der Waals surface area contributed by atoms with Crippen LogP contribution in [0.1, 0.15) is 5.56 Å². The summed E-state index contributed by atoms with van der Waals surface area (Å²) in [7, 11) is 1.91. The molecule has 2 rings (SSSR count). The van der Waals surface area contributed by atoms with Crippen molar-refractivity contribution in [3.63, 3.8) is 0 Å². The van der Waals surface area contributed by atoms with Crippen molar-refractivity contribution >= 4 is 15.9 Å². The van der Waals surface area contributed by atoms with E-state index in [0.717, 1.165) is 12.3 Å². The lowest BCUT2D eigenvalue weighted by atomic mass is 10.2. The predicted octanol–water partition coefficient (Wildman–Crippen LogP) is 3.77. The molecule has 0 aliphatic carbocycles. The zero-order valence-electron chi connectivity index (χ0n) is 11.7. The summed E-state index contributed by atoms with van der Waals surface area (Å²) in [5.74, 6) is 1.11. The van der Waals surface area contributed by atoms with Crippen LogP contribution in [-0.4, -0.2) is 20.3 Å². The van der Waals surface area contributed by atoms with Gasteiger partial charge in [0.05, 0.1) is 4.47 Å². The molecule has 0 heterocycles. The highest BCUT2D eigenvalue weighted by Crippen LogP contribution is 2.21. The van der Waals surface area contributed by atoms with Gasteiger partial charge in [-0.15, -0.1) is 0 Å². The van der Waals surface area contributed by atoms with Gasteiger partial charge in [-0.2, -0.15) is 0 Å². The molecule has 0 amide bonds. The van der Waals surface area contributed by atoms with Gasteiger partial charge in [-0.25, -0.2) is 4.39 Å². The number of nitrogens with one attached hydrogen (secondary N) is 1. The Hall–Kier alpha value is -1.59. The first-order chi connectivity index (χ1) is 10.2. The van der Waals surface area contributed by atoms with Crippen LogP contribution >= 0.6 is 15.9 Å². The highest BCUT2D eigenvalue weighted by molar-refractivity contribution is 9.10. The van der Waals surface area contributed by atoms with Crippen LogP contribution in [0.3, 0.4) is 0 Å². The van der Waals surface area contributed by atoms with Crippen molar-refractivity contribution in [1.82, 2.24) is 5.32 Å². The van der Waals surface area contributed by atoms with E-state index in [0.29, 0.717) is 23.4 Å². The summed E-state index contributed by atoms with van der Waals surface area (Å²) in [5, 5.41) is 3.09. The molecule has 0 aliphatic heterocycles. The molecule has 0 saturated heterocycles. The van der Waals surface area contributed by atoms with Crippen molar-refractivity contribution in [2.75, 3.05) is 20.3 Å². The predicted molar refractivity (Wildman–Crippen MR) is 84.3 cm³/mol. The number of ether oxygens (including phenoxy) is 2. The van der Waals surface area contributed by atoms with Crippen molar-refractivity contribution in [2.24, 2.45) is 0 Å². The van der Waals surface area contributed by atoms with E-state index in [2.05, 4.69) is 21.2 Å². The second kappa shape index (κ2) is 8.00. The fourth-order valence-corrected chi connectivity index (χ4v) is 2.15. The summed E-state index contributed by atoms with van der Waals surface area (Å²) < 4.78 is 24.5. The van der Waals surface area contributed by atoms with Gasteiger partial charge in [0.1, 0.15) is 30.5 Å². The summed E-state index contributed by atoms with van der Waals surface area (Å²) in [5.41, 5.74) is 1.21. The van der Waals surface area contributed by atoms with Crippen LogP contribution in [0.25, 0.3) is 0 Å². The van der Waals surface area contributed by atoms with E-state index in [1.165, 1.54) is 11.6 Å². The van der Waals surface area contributed by atoms with Crippen LogP contribution in [0.4, 0.5) is 4.39 Å². The third-order valence-electron chi connectivity index (χ3n) is 2.82. The van der Waals surface area contributed by atoms with Crippen molar-refractivity contribution < 1.29 is 13.9 Å². The van der Waals surface area contributed by atoms with Crippen LogP contribution < -0.4 is 14.8 Å². The first kappa shape index (κ1) is 15.8. The fraction of sp³-hybridized carbons (Fsp3) is 0.250. The molecule has 112 valence electrons. The van der Waals surface area contributed by atoms with E-state index in [9.17, 15) is 4.39 Å². The Balaban J connectivity index is 1.75. The van der Waals surface area contributed by atoms with Gasteiger partial charge in [0, 0.05) is 6.54 Å². The molecular formula is C16H17BrFNO2. The first-order valence-corrected chi connectivity index (χ1v) is 7.42. The van der Waals surface area contributed by atoms with E-state index in [1.807, 2.05) is 31.3 Å². The molecule has 0 unspecified atom stereocenters. The second-order valence-corrected chi connectivity index (χ2v) is 5.30. The molecule has 21 heavy (non-hydrogen) atoms. The number of hydrogen-bond acceptors (Lipinski definition) is 3. The monoisotopic (exact) mass is 353 g/mol. The fourth-order valence-electron chi connectivity index (χ4n) is 1.79. The lowest BCUT2D eigenvalue weighted by Crippen LogP contribution is -2.09. The van der Waals surface area contributed by atoms with Gasteiger partial charge in [0.25, 0.3) is 0 Å². The van der Waals surface area contributed by atoms with Crippen LogP contribution in [0, 0.1) is 5.82 Å². The van der Waals surface area contributed by atoms with E-state index < -0.39 is 0 Å². The maximum absolute atomic E-state index is 13.1. The highest BCUT2D eigenvalue weighted by atomic mass is 79.9. The minimum Gasteiger partial charge on any atom is -0.490 e. The van der Waals surface area contributed by atoms with E-state index in [4.69, 9.17) is 9.47 Å². The number of hydrogen-bond donors (Lipinski definition) is 1. The third kappa shape index (κ3) is 5.02. The molecule has 0 saturated carbocycles. The van der Waals surface area contributed by atoms with Crippen LogP contribution in [0.15, 0.2) is 46.9 Å². The third-order valence-corrected chi connectivity index (χ3v) is 3.42. The van der Waals surface area contributed by atoms with Gasteiger partial charge in [-0.1, -0.05) is 12.1 Å². The van der Waals surface area contributed by atoms with Crippen LogP contribution in [0.2, 0.25) is 0 Å². The summed E-state index contributed by atoms with van der Waals surface area (Å²) in [6.07, 6.45) is 0. The number of rotatable bonds is 7. The summed E-state index contributed by atoms with van der Waals surface area (Å²) in [6, 6.07) is 12.4. The molecule has 0 aliphatic rings. The smallest absolute Gasteiger partial charge is 0.137 e. The first-order valence-electron chi connectivity index (χ1n) is 6.63. The summed E-state index contributed by atoms with van der Waals surface area (Å²) in [4.78, 5) is 0. The molecule has 2 aromatic rings. The van der Waals surface area contributed by atoms with Gasteiger partial charge in [0.2, 0.25) is 0 Å². The largest absolute Gasteiger partial charge is 0.490 e. The van der Waals surface area contributed by atoms with E-state index in [1.54, 1.807) is 12.1 Å². The molecule has 0 radical (unpaired) electrons. The quantitative estimate of drug-likeness (QED) is 0.768. The zero-order valence-corrected chi connectivity index (χ0v) is 13.3. The summed E-state index contributed by atoms with van der Waals surface area (Å²) >= 11 is 3.12. The molecular weight excluding hydrogens is 337 g/mol. The maximum Gasteiger partial charge on any atom is 0.137 e. The van der Waals surface area contributed by atoms with E-state index >= 15 is 0 Å². The van der Waals surface area contributed by atoms with Crippen molar-refractivity contribution in [1.29, 1.82) is 0 Å². The Bertz CT molecular complexity index is 575. The molecule has 0 aromatic heterocycles. The molecule has 0 fully saturated rings. The molecule has 5 heteroatoms. The van der Waals surface area contributed by atoms with Crippen molar-refractivity contribution in [3.05, 3.63) is 58.3 Å². The minimum absolute atomic E-state index is 0.305. The van der Waals surface area contributed by atoms with Gasteiger partial charge < -0.3 is 14.8 Å². The Morgan fingerprint density at radius 1 is 1.00 bits per heavy atom. The standard InChI is InChI=1S/C16H17BrFNO2/c1-19-11-12-2-4-13(5-3-12)20-8-9-21-14-6-7-16(18)15(17)10-14/h2-7,10,19H,8-9,11H2,1H3. The maximum atomic E-state index is 13.1. The van der Waals surface area contributed by atoms with Gasteiger partial charge in [0.15, 0.2) is 0 Å². The molecule has 0 atom stereocenters.